The SMILES string of the molecule is CCOC(=O)c1cc(N(C)c2ccccc2C)ncc1N. The van der Waals surface area contributed by atoms with Gasteiger partial charge in [-0.05, 0) is 31.5 Å². The summed E-state index contributed by atoms with van der Waals surface area (Å²) in [6, 6.07) is 9.61. The highest BCUT2D eigenvalue weighted by Crippen LogP contribution is 2.27. The number of carbonyl (C=O) groups is 1. The highest BCUT2D eigenvalue weighted by molar-refractivity contribution is 5.96. The number of hydrogen-bond donors (Lipinski definition) is 1. The molecule has 2 N–H and O–H groups in total. The number of aryl methyl sites for hydroxylation is 1. The van der Waals surface area contributed by atoms with Crippen LogP contribution in [-0.4, -0.2) is 24.6 Å². The zero-order chi connectivity index (χ0) is 15.4. The predicted molar refractivity (Wildman–Crippen MR) is 83.8 cm³/mol. The molecular weight excluding hydrogens is 266 g/mol. The Labute approximate surface area is 124 Å². The predicted octanol–water partition coefficient (Wildman–Crippen LogP) is 2.92. The monoisotopic (exact) mass is 285 g/mol. The Morgan fingerprint density at radius 3 is 2.76 bits per heavy atom. The van der Waals surface area contributed by atoms with Crippen molar-refractivity contribution in [3.05, 3.63) is 47.7 Å². The molecule has 0 fully saturated rings. The molecule has 110 valence electrons. The molecule has 2 aromatic rings. The highest BCUT2D eigenvalue weighted by Gasteiger charge is 2.15. The molecule has 0 saturated heterocycles. The fourth-order valence-corrected chi connectivity index (χ4v) is 2.09. The van der Waals surface area contributed by atoms with Gasteiger partial charge in [0.25, 0.3) is 0 Å². The minimum absolute atomic E-state index is 0.309. The first kappa shape index (κ1) is 14.8. The molecule has 5 nitrogen and oxygen atoms in total. The van der Waals surface area contributed by atoms with Gasteiger partial charge in [0.05, 0.1) is 24.1 Å². The lowest BCUT2D eigenvalue weighted by atomic mass is 10.1. The molecule has 0 bridgehead atoms. The average Bonchev–Trinajstić information content (AvgIpc) is 2.48. The van der Waals surface area contributed by atoms with Crippen molar-refractivity contribution in [2.75, 3.05) is 24.3 Å². The lowest BCUT2D eigenvalue weighted by molar-refractivity contribution is 0.0527. The van der Waals surface area contributed by atoms with Crippen LogP contribution in [0.4, 0.5) is 17.2 Å². The number of nitrogen functional groups attached to an aromatic ring is 1. The lowest BCUT2D eigenvalue weighted by Crippen LogP contribution is -2.15. The summed E-state index contributed by atoms with van der Waals surface area (Å²) in [7, 11) is 1.90. The lowest BCUT2D eigenvalue weighted by Gasteiger charge is -2.21. The summed E-state index contributed by atoms with van der Waals surface area (Å²) < 4.78 is 5.01. The van der Waals surface area contributed by atoms with Crippen molar-refractivity contribution in [1.29, 1.82) is 0 Å². The fraction of sp³-hybridized carbons (Fsp3) is 0.250. The second kappa shape index (κ2) is 6.26. The molecule has 0 aliphatic heterocycles. The fourth-order valence-electron chi connectivity index (χ4n) is 2.09. The van der Waals surface area contributed by atoms with E-state index in [1.54, 1.807) is 13.0 Å². The number of nitrogens with two attached hydrogens (primary N) is 1. The molecule has 0 unspecified atom stereocenters. The van der Waals surface area contributed by atoms with Crippen molar-refractivity contribution in [2.24, 2.45) is 0 Å². The van der Waals surface area contributed by atoms with Gasteiger partial charge < -0.3 is 15.4 Å². The number of nitrogens with zero attached hydrogens (tertiary/aromatic N) is 2. The van der Waals surface area contributed by atoms with E-state index in [1.807, 2.05) is 43.1 Å². The van der Waals surface area contributed by atoms with E-state index in [4.69, 9.17) is 10.5 Å². The zero-order valence-corrected chi connectivity index (χ0v) is 12.5. The third kappa shape index (κ3) is 3.13. The number of rotatable bonds is 4. The standard InChI is InChI=1S/C16H19N3O2/c1-4-21-16(20)12-9-15(18-10-13(12)17)19(3)14-8-6-5-7-11(14)2/h5-10H,4,17H2,1-3H3. The Kier molecular flexibility index (Phi) is 4.42. The van der Waals surface area contributed by atoms with E-state index < -0.39 is 5.97 Å². The van der Waals surface area contributed by atoms with Gasteiger partial charge in [0.2, 0.25) is 0 Å². The Morgan fingerprint density at radius 1 is 1.38 bits per heavy atom. The van der Waals surface area contributed by atoms with E-state index >= 15 is 0 Å². The summed E-state index contributed by atoms with van der Waals surface area (Å²) in [6.07, 6.45) is 1.48. The van der Waals surface area contributed by atoms with E-state index in [0.717, 1.165) is 11.3 Å². The van der Waals surface area contributed by atoms with E-state index in [1.165, 1.54) is 6.20 Å². The molecule has 0 atom stereocenters. The van der Waals surface area contributed by atoms with Gasteiger partial charge in [-0.2, -0.15) is 0 Å². The topological polar surface area (TPSA) is 68.5 Å². The van der Waals surface area contributed by atoms with Crippen LogP contribution in [0.15, 0.2) is 36.5 Å². The summed E-state index contributed by atoms with van der Waals surface area (Å²) in [5, 5.41) is 0. The van der Waals surface area contributed by atoms with Crippen LogP contribution in [0.3, 0.4) is 0 Å². The third-order valence-electron chi connectivity index (χ3n) is 3.24. The van der Waals surface area contributed by atoms with E-state index in [2.05, 4.69) is 4.98 Å². The maximum absolute atomic E-state index is 11.9. The van der Waals surface area contributed by atoms with E-state index in [0.29, 0.717) is 23.7 Å². The van der Waals surface area contributed by atoms with Crippen molar-refractivity contribution >= 4 is 23.2 Å². The highest BCUT2D eigenvalue weighted by atomic mass is 16.5. The summed E-state index contributed by atoms with van der Waals surface area (Å²) in [5.74, 6) is 0.207. The molecule has 1 heterocycles. The van der Waals surface area contributed by atoms with E-state index in [9.17, 15) is 4.79 Å². The third-order valence-corrected chi connectivity index (χ3v) is 3.24. The molecule has 0 aliphatic rings. The number of ether oxygens (including phenoxy) is 1. The minimum Gasteiger partial charge on any atom is -0.462 e. The molecular formula is C16H19N3O2. The number of para-hydroxylation sites is 1. The molecule has 21 heavy (non-hydrogen) atoms. The van der Waals surface area contributed by atoms with Crippen LogP contribution in [0, 0.1) is 6.92 Å². The van der Waals surface area contributed by atoms with Crippen molar-refractivity contribution in [3.8, 4) is 0 Å². The van der Waals surface area contributed by atoms with Crippen molar-refractivity contribution in [3.63, 3.8) is 0 Å². The van der Waals surface area contributed by atoms with Gasteiger partial charge in [-0.3, -0.25) is 0 Å². The van der Waals surface area contributed by atoms with Gasteiger partial charge in [-0.15, -0.1) is 0 Å². The normalized spacial score (nSPS) is 10.2. The maximum Gasteiger partial charge on any atom is 0.340 e. The second-order valence-electron chi connectivity index (χ2n) is 4.70. The van der Waals surface area contributed by atoms with E-state index in [-0.39, 0.29) is 0 Å². The number of hydrogen-bond acceptors (Lipinski definition) is 5. The van der Waals surface area contributed by atoms with Crippen molar-refractivity contribution < 1.29 is 9.53 Å². The number of pyridine rings is 1. The molecule has 1 aromatic carbocycles. The Morgan fingerprint density at radius 2 is 2.10 bits per heavy atom. The largest absolute Gasteiger partial charge is 0.462 e. The molecule has 0 aliphatic carbocycles. The molecule has 5 heteroatoms. The maximum atomic E-state index is 11.9. The van der Waals surface area contributed by atoms with Crippen LogP contribution in [0.25, 0.3) is 0 Å². The summed E-state index contributed by atoms with van der Waals surface area (Å²) in [4.78, 5) is 18.1. The first-order chi connectivity index (χ1) is 10.0. The summed E-state index contributed by atoms with van der Waals surface area (Å²) >= 11 is 0. The van der Waals surface area contributed by atoms with Gasteiger partial charge in [-0.25, -0.2) is 9.78 Å². The number of benzene rings is 1. The average molecular weight is 285 g/mol. The number of esters is 1. The smallest absolute Gasteiger partial charge is 0.340 e. The summed E-state index contributed by atoms with van der Waals surface area (Å²) in [5.41, 5.74) is 8.60. The Hall–Kier alpha value is -2.56. The quantitative estimate of drug-likeness (QED) is 0.875. The molecule has 1 aromatic heterocycles. The number of carbonyl (C=O) groups excluding carboxylic acids is 1. The second-order valence-corrected chi connectivity index (χ2v) is 4.70. The van der Waals surface area contributed by atoms with Crippen LogP contribution in [0.5, 0.6) is 0 Å². The Balaban J connectivity index is 2.39. The van der Waals surface area contributed by atoms with Gasteiger partial charge >= 0.3 is 5.97 Å². The number of aromatic nitrogens is 1. The molecule has 0 amide bonds. The van der Waals surface area contributed by atoms with Crippen molar-refractivity contribution in [1.82, 2.24) is 4.98 Å². The van der Waals surface area contributed by atoms with Crippen LogP contribution in [-0.2, 0) is 4.74 Å². The van der Waals surface area contributed by atoms with Gasteiger partial charge in [0.15, 0.2) is 0 Å². The van der Waals surface area contributed by atoms with Gasteiger partial charge in [0.1, 0.15) is 5.82 Å². The van der Waals surface area contributed by atoms with Gasteiger partial charge in [-0.1, -0.05) is 18.2 Å². The van der Waals surface area contributed by atoms with Crippen LogP contribution >= 0.6 is 0 Å². The summed E-state index contributed by atoms with van der Waals surface area (Å²) in [6.45, 7) is 4.09. The Bertz CT molecular complexity index is 656. The van der Waals surface area contributed by atoms with Gasteiger partial charge in [0, 0.05) is 12.7 Å². The van der Waals surface area contributed by atoms with Crippen LogP contribution in [0.1, 0.15) is 22.8 Å². The number of anilines is 3. The first-order valence-corrected chi connectivity index (χ1v) is 6.76. The first-order valence-electron chi connectivity index (χ1n) is 6.76. The molecule has 2 rings (SSSR count). The van der Waals surface area contributed by atoms with Crippen LogP contribution < -0.4 is 10.6 Å². The molecule has 0 saturated carbocycles. The molecule has 0 spiro atoms. The van der Waals surface area contributed by atoms with Crippen molar-refractivity contribution in [2.45, 2.75) is 13.8 Å². The van der Waals surface area contributed by atoms with Crippen LogP contribution in [0.2, 0.25) is 0 Å². The minimum atomic E-state index is -0.433. The zero-order valence-electron chi connectivity index (χ0n) is 12.5. The molecule has 0 radical (unpaired) electrons.